The molecule has 2 atom stereocenters. The van der Waals surface area contributed by atoms with Crippen molar-refractivity contribution in [1.29, 1.82) is 0 Å². The number of ether oxygens (including phenoxy) is 1. The number of piperidine rings is 1. The fraction of sp³-hybridized carbons (Fsp3) is 0.667. The van der Waals surface area contributed by atoms with E-state index in [9.17, 15) is 4.79 Å². The lowest BCUT2D eigenvalue weighted by Gasteiger charge is -2.31. The Labute approximate surface area is 105 Å². The molecule has 1 N–H and O–H groups in total. The molecule has 2 aliphatic rings. The van der Waals surface area contributed by atoms with Gasteiger partial charge >= 0.3 is 0 Å². The van der Waals surface area contributed by atoms with Crippen molar-refractivity contribution < 1.29 is 14.1 Å². The summed E-state index contributed by atoms with van der Waals surface area (Å²) in [7, 11) is 1.50. The Balaban J connectivity index is 1.76. The molecule has 6 heteroatoms. The fourth-order valence-corrected chi connectivity index (χ4v) is 2.93. The molecule has 3 rings (SSSR count). The van der Waals surface area contributed by atoms with E-state index in [2.05, 4.69) is 10.5 Å². The lowest BCUT2D eigenvalue weighted by molar-refractivity contribution is 0.0655. The summed E-state index contributed by atoms with van der Waals surface area (Å²) in [5.41, 5.74) is 0. The van der Waals surface area contributed by atoms with E-state index in [1.165, 1.54) is 7.11 Å². The van der Waals surface area contributed by atoms with Crippen LogP contribution in [0.25, 0.3) is 0 Å². The number of nitrogens with zero attached hydrogens (tertiary/aromatic N) is 2. The van der Waals surface area contributed by atoms with Gasteiger partial charge in [-0.2, -0.15) is 0 Å². The number of nitrogens with one attached hydrogen (secondary N) is 1. The van der Waals surface area contributed by atoms with E-state index in [1.54, 1.807) is 6.07 Å². The number of rotatable bonds is 2. The van der Waals surface area contributed by atoms with Crippen molar-refractivity contribution in [3.05, 3.63) is 11.8 Å². The number of carbonyl (C=O) groups is 1. The van der Waals surface area contributed by atoms with Crippen LogP contribution in [-0.2, 0) is 0 Å². The molecule has 2 saturated heterocycles. The summed E-state index contributed by atoms with van der Waals surface area (Å²) >= 11 is 0. The predicted molar refractivity (Wildman–Crippen MR) is 63.5 cm³/mol. The molecular weight excluding hydrogens is 234 g/mol. The van der Waals surface area contributed by atoms with Crippen molar-refractivity contribution in [3.8, 4) is 5.88 Å². The van der Waals surface area contributed by atoms with Crippen LogP contribution < -0.4 is 10.1 Å². The number of methoxy groups -OCH3 is 1. The molecule has 0 aromatic carbocycles. The summed E-state index contributed by atoms with van der Waals surface area (Å²) < 4.78 is 9.96. The van der Waals surface area contributed by atoms with E-state index in [0.717, 1.165) is 32.5 Å². The van der Waals surface area contributed by atoms with Gasteiger partial charge in [-0.25, -0.2) is 0 Å². The Morgan fingerprint density at radius 2 is 2.50 bits per heavy atom. The maximum absolute atomic E-state index is 12.3. The molecular formula is C12H17N3O3. The normalized spacial score (nSPS) is 27.1. The van der Waals surface area contributed by atoms with E-state index < -0.39 is 0 Å². The highest BCUT2D eigenvalue weighted by atomic mass is 16.5. The summed E-state index contributed by atoms with van der Waals surface area (Å²) in [5, 5.41) is 7.05. The number of hydrogen-bond donors (Lipinski definition) is 1. The maximum atomic E-state index is 12.3. The lowest BCUT2D eigenvalue weighted by Crippen LogP contribution is -2.45. The number of likely N-dealkylation sites (tertiary alicyclic amines) is 1. The zero-order valence-corrected chi connectivity index (χ0v) is 10.4. The van der Waals surface area contributed by atoms with Gasteiger partial charge in [0.2, 0.25) is 5.76 Å². The zero-order valence-electron chi connectivity index (χ0n) is 10.4. The first-order chi connectivity index (χ1) is 8.79. The van der Waals surface area contributed by atoms with Gasteiger partial charge in [0.05, 0.1) is 13.2 Å². The maximum Gasteiger partial charge on any atom is 0.292 e. The van der Waals surface area contributed by atoms with Crippen molar-refractivity contribution in [2.75, 3.05) is 26.7 Å². The van der Waals surface area contributed by atoms with Gasteiger partial charge in [0.1, 0.15) is 0 Å². The molecule has 2 fully saturated rings. The minimum Gasteiger partial charge on any atom is -0.479 e. The fourth-order valence-electron chi connectivity index (χ4n) is 2.93. The van der Waals surface area contributed by atoms with Crippen LogP contribution in [0.1, 0.15) is 23.4 Å². The molecule has 6 nitrogen and oxygen atoms in total. The summed E-state index contributed by atoms with van der Waals surface area (Å²) in [4.78, 5) is 14.3. The van der Waals surface area contributed by atoms with E-state index in [0.29, 0.717) is 17.8 Å². The largest absolute Gasteiger partial charge is 0.479 e. The number of amides is 1. The Kier molecular flexibility index (Phi) is 2.95. The summed E-state index contributed by atoms with van der Waals surface area (Å²) in [6, 6.07) is 1.89. The van der Waals surface area contributed by atoms with Gasteiger partial charge < -0.3 is 19.5 Å². The van der Waals surface area contributed by atoms with Crippen LogP contribution in [0, 0.1) is 5.92 Å². The standard InChI is InChI=1S/C12H17N3O3/c1-17-11-6-10(18-14-11)12(16)15-5-3-8-7-13-4-2-9(8)15/h6,8-9,13H,2-5,7H2,1H3. The minimum atomic E-state index is -0.0693. The molecule has 2 aliphatic heterocycles. The van der Waals surface area contributed by atoms with E-state index in [4.69, 9.17) is 9.26 Å². The lowest BCUT2D eigenvalue weighted by atomic mass is 9.94. The molecule has 0 spiro atoms. The second-order valence-electron chi connectivity index (χ2n) is 4.84. The first kappa shape index (κ1) is 11.5. The van der Waals surface area contributed by atoms with Gasteiger partial charge in [0.25, 0.3) is 11.8 Å². The summed E-state index contributed by atoms with van der Waals surface area (Å²) in [6.07, 6.45) is 2.08. The SMILES string of the molecule is COc1cc(C(=O)N2CCC3CNCCC32)on1. The topological polar surface area (TPSA) is 67.6 Å². The van der Waals surface area contributed by atoms with Gasteiger partial charge in [0.15, 0.2) is 0 Å². The molecule has 18 heavy (non-hydrogen) atoms. The van der Waals surface area contributed by atoms with Gasteiger partial charge in [-0.3, -0.25) is 4.79 Å². The monoisotopic (exact) mass is 251 g/mol. The van der Waals surface area contributed by atoms with Crippen LogP contribution in [0.2, 0.25) is 0 Å². The average molecular weight is 251 g/mol. The Morgan fingerprint density at radius 3 is 3.28 bits per heavy atom. The Morgan fingerprint density at radius 1 is 1.61 bits per heavy atom. The van der Waals surface area contributed by atoms with Crippen molar-refractivity contribution >= 4 is 5.91 Å². The van der Waals surface area contributed by atoms with Crippen LogP contribution in [0.4, 0.5) is 0 Å². The van der Waals surface area contributed by atoms with E-state index in [1.807, 2.05) is 4.90 Å². The minimum absolute atomic E-state index is 0.0693. The number of aromatic nitrogens is 1. The number of carbonyl (C=O) groups excluding carboxylic acids is 1. The van der Waals surface area contributed by atoms with Gasteiger partial charge in [-0.1, -0.05) is 0 Å². The molecule has 1 amide bonds. The molecule has 0 aliphatic carbocycles. The van der Waals surface area contributed by atoms with E-state index in [-0.39, 0.29) is 11.7 Å². The summed E-state index contributed by atoms with van der Waals surface area (Å²) in [5.74, 6) is 1.12. The third-order valence-electron chi connectivity index (χ3n) is 3.88. The highest BCUT2D eigenvalue weighted by Crippen LogP contribution is 2.30. The highest BCUT2D eigenvalue weighted by Gasteiger charge is 2.39. The van der Waals surface area contributed by atoms with Crippen LogP contribution in [0.3, 0.4) is 0 Å². The predicted octanol–water partition coefficient (Wildman–Crippen LogP) is 0.507. The molecule has 0 bridgehead atoms. The van der Waals surface area contributed by atoms with Crippen molar-refractivity contribution in [2.45, 2.75) is 18.9 Å². The average Bonchev–Trinajstić information content (AvgIpc) is 3.04. The van der Waals surface area contributed by atoms with Gasteiger partial charge in [0, 0.05) is 12.6 Å². The zero-order chi connectivity index (χ0) is 12.5. The van der Waals surface area contributed by atoms with Crippen molar-refractivity contribution in [3.63, 3.8) is 0 Å². The van der Waals surface area contributed by atoms with Gasteiger partial charge in [-0.15, -0.1) is 0 Å². The molecule has 0 radical (unpaired) electrons. The van der Waals surface area contributed by atoms with Crippen LogP contribution in [0.15, 0.2) is 10.6 Å². The molecule has 0 saturated carbocycles. The van der Waals surface area contributed by atoms with Crippen LogP contribution in [-0.4, -0.2) is 48.7 Å². The first-order valence-corrected chi connectivity index (χ1v) is 6.32. The van der Waals surface area contributed by atoms with Gasteiger partial charge in [-0.05, 0) is 37.0 Å². The van der Waals surface area contributed by atoms with Crippen LogP contribution in [0.5, 0.6) is 5.88 Å². The second-order valence-corrected chi connectivity index (χ2v) is 4.84. The molecule has 1 aromatic rings. The van der Waals surface area contributed by atoms with Crippen molar-refractivity contribution in [2.24, 2.45) is 5.92 Å². The quantitative estimate of drug-likeness (QED) is 0.829. The van der Waals surface area contributed by atoms with Crippen LogP contribution >= 0.6 is 0 Å². The Bertz CT molecular complexity index is 446. The summed E-state index contributed by atoms with van der Waals surface area (Å²) in [6.45, 7) is 2.79. The second kappa shape index (κ2) is 4.61. The molecule has 2 unspecified atom stereocenters. The molecule has 3 heterocycles. The highest BCUT2D eigenvalue weighted by molar-refractivity contribution is 5.92. The molecule has 1 aromatic heterocycles. The van der Waals surface area contributed by atoms with E-state index >= 15 is 0 Å². The Hall–Kier alpha value is -1.56. The number of hydrogen-bond acceptors (Lipinski definition) is 5. The number of fused-ring (bicyclic) bond motifs is 1. The third-order valence-corrected chi connectivity index (χ3v) is 3.88. The van der Waals surface area contributed by atoms with Crippen molar-refractivity contribution in [1.82, 2.24) is 15.4 Å². The smallest absolute Gasteiger partial charge is 0.292 e. The molecule has 98 valence electrons. The third kappa shape index (κ3) is 1.86. The first-order valence-electron chi connectivity index (χ1n) is 6.32.